The van der Waals surface area contributed by atoms with Gasteiger partial charge in [-0.15, -0.1) is 0 Å². The fraction of sp³-hybridized carbons (Fsp3) is 0.143. The molecule has 0 aliphatic carbocycles. The molecule has 0 unspecified atom stereocenters. The van der Waals surface area contributed by atoms with Crippen LogP contribution in [0, 0.1) is 0 Å². The van der Waals surface area contributed by atoms with Gasteiger partial charge in [0.05, 0.1) is 11.7 Å². The number of para-hydroxylation sites is 1. The maximum atomic E-state index is 11.2. The van der Waals surface area contributed by atoms with Gasteiger partial charge < -0.3 is 15.6 Å². The zero-order chi connectivity index (χ0) is 13.8. The molecule has 0 saturated heterocycles. The van der Waals surface area contributed by atoms with Crippen molar-refractivity contribution >= 4 is 5.91 Å². The van der Waals surface area contributed by atoms with Crippen LogP contribution >= 0.6 is 0 Å². The van der Waals surface area contributed by atoms with Crippen molar-refractivity contribution in [1.29, 1.82) is 0 Å². The molecule has 0 fully saturated rings. The molecule has 0 bridgehead atoms. The Bertz CT molecular complexity index is 579. The molecule has 0 radical (unpaired) electrons. The molecule has 1 amide bonds. The van der Waals surface area contributed by atoms with E-state index in [1.54, 1.807) is 43.3 Å². The average Bonchev–Trinajstić information content (AvgIpc) is 2.39. The molecular weight excluding hydrogens is 244 g/mol. The summed E-state index contributed by atoms with van der Waals surface area (Å²) in [6.45, 7) is 1.65. The van der Waals surface area contributed by atoms with Gasteiger partial charge >= 0.3 is 0 Å². The monoisotopic (exact) mass is 258 g/mol. The molecule has 19 heavy (non-hydrogen) atoms. The Morgan fingerprint density at radius 1 is 1.32 bits per heavy atom. The number of primary amides is 1. The molecule has 2 rings (SSSR count). The lowest BCUT2D eigenvalue weighted by molar-refractivity contribution is 0.0998. The lowest BCUT2D eigenvalue weighted by Gasteiger charge is -2.09. The quantitative estimate of drug-likeness (QED) is 0.878. The Morgan fingerprint density at radius 2 is 2.05 bits per heavy atom. The molecular formula is C14H14N2O3. The topological polar surface area (TPSA) is 85.4 Å². The third kappa shape index (κ3) is 3.08. The first-order chi connectivity index (χ1) is 9.08. The van der Waals surface area contributed by atoms with Gasteiger partial charge in [0.1, 0.15) is 5.75 Å². The number of hydrogen-bond acceptors (Lipinski definition) is 4. The standard InChI is InChI=1S/C14H14N2O3/c1-9(17)10-6-7-13(16-8-10)19-12-5-3-2-4-11(12)14(15)18/h2-9,17H,1H3,(H2,15,18)/t9-/m0/s1. The van der Waals surface area contributed by atoms with E-state index < -0.39 is 12.0 Å². The predicted octanol–water partition coefficient (Wildman–Crippen LogP) is 2.03. The number of benzene rings is 1. The summed E-state index contributed by atoms with van der Waals surface area (Å²) in [6, 6.07) is 10.0. The van der Waals surface area contributed by atoms with Crippen molar-refractivity contribution in [1.82, 2.24) is 4.98 Å². The van der Waals surface area contributed by atoms with Gasteiger partial charge in [-0.2, -0.15) is 0 Å². The van der Waals surface area contributed by atoms with Gasteiger partial charge in [-0.25, -0.2) is 4.98 Å². The van der Waals surface area contributed by atoms with Crippen LogP contribution in [-0.4, -0.2) is 16.0 Å². The largest absolute Gasteiger partial charge is 0.438 e. The smallest absolute Gasteiger partial charge is 0.252 e. The highest BCUT2D eigenvalue weighted by Crippen LogP contribution is 2.24. The van der Waals surface area contributed by atoms with Crippen LogP contribution in [0.15, 0.2) is 42.6 Å². The summed E-state index contributed by atoms with van der Waals surface area (Å²) in [5.74, 6) is 0.126. The number of nitrogens with two attached hydrogens (primary N) is 1. The van der Waals surface area contributed by atoms with Crippen LogP contribution < -0.4 is 10.5 Å². The van der Waals surface area contributed by atoms with E-state index in [-0.39, 0.29) is 0 Å². The highest BCUT2D eigenvalue weighted by Gasteiger charge is 2.10. The molecule has 1 aromatic carbocycles. The van der Waals surface area contributed by atoms with Gasteiger partial charge in [0.25, 0.3) is 5.91 Å². The van der Waals surface area contributed by atoms with Crippen molar-refractivity contribution < 1.29 is 14.6 Å². The van der Waals surface area contributed by atoms with Gasteiger partial charge in [0.15, 0.2) is 0 Å². The molecule has 3 N–H and O–H groups in total. The summed E-state index contributed by atoms with van der Waals surface area (Å²) in [4.78, 5) is 15.3. The van der Waals surface area contributed by atoms with E-state index >= 15 is 0 Å². The van der Waals surface area contributed by atoms with Crippen LogP contribution in [0.3, 0.4) is 0 Å². The first kappa shape index (κ1) is 13.0. The molecule has 0 saturated carbocycles. The summed E-state index contributed by atoms with van der Waals surface area (Å²) in [5, 5.41) is 9.38. The van der Waals surface area contributed by atoms with Gasteiger partial charge in [0.2, 0.25) is 5.88 Å². The third-order valence-corrected chi connectivity index (χ3v) is 2.61. The Morgan fingerprint density at radius 3 is 2.63 bits per heavy atom. The predicted molar refractivity (Wildman–Crippen MR) is 69.9 cm³/mol. The van der Waals surface area contributed by atoms with E-state index in [2.05, 4.69) is 4.98 Å². The van der Waals surface area contributed by atoms with Crippen LogP contribution in [0.2, 0.25) is 0 Å². The number of rotatable bonds is 4. The summed E-state index contributed by atoms with van der Waals surface area (Å²) in [7, 11) is 0. The molecule has 98 valence electrons. The highest BCUT2D eigenvalue weighted by molar-refractivity contribution is 5.95. The second-order valence-corrected chi connectivity index (χ2v) is 4.07. The van der Waals surface area contributed by atoms with E-state index in [9.17, 15) is 9.90 Å². The van der Waals surface area contributed by atoms with Crippen LogP contribution in [0.1, 0.15) is 28.9 Å². The Labute approximate surface area is 110 Å². The number of aromatic nitrogens is 1. The van der Waals surface area contributed by atoms with Gasteiger partial charge in [-0.05, 0) is 30.7 Å². The van der Waals surface area contributed by atoms with Crippen molar-refractivity contribution in [2.24, 2.45) is 5.73 Å². The van der Waals surface area contributed by atoms with Gasteiger partial charge in [-0.1, -0.05) is 12.1 Å². The van der Waals surface area contributed by atoms with Crippen molar-refractivity contribution in [3.8, 4) is 11.6 Å². The molecule has 0 spiro atoms. The number of aliphatic hydroxyl groups excluding tert-OH is 1. The average molecular weight is 258 g/mol. The maximum Gasteiger partial charge on any atom is 0.252 e. The minimum absolute atomic E-state index is 0.295. The normalized spacial score (nSPS) is 11.9. The van der Waals surface area contributed by atoms with Crippen molar-refractivity contribution in [2.75, 3.05) is 0 Å². The molecule has 1 aromatic heterocycles. The summed E-state index contributed by atoms with van der Waals surface area (Å²) < 4.78 is 5.51. The van der Waals surface area contributed by atoms with Gasteiger partial charge in [0, 0.05) is 12.3 Å². The lowest BCUT2D eigenvalue weighted by atomic mass is 10.2. The van der Waals surface area contributed by atoms with E-state index in [1.165, 1.54) is 6.20 Å². The summed E-state index contributed by atoms with van der Waals surface area (Å²) >= 11 is 0. The third-order valence-electron chi connectivity index (χ3n) is 2.61. The minimum Gasteiger partial charge on any atom is -0.438 e. The zero-order valence-corrected chi connectivity index (χ0v) is 10.4. The van der Waals surface area contributed by atoms with Crippen molar-refractivity contribution in [2.45, 2.75) is 13.0 Å². The Balaban J connectivity index is 2.24. The number of ether oxygens (including phenoxy) is 1. The minimum atomic E-state index is -0.584. The number of nitrogens with zero attached hydrogens (tertiary/aromatic N) is 1. The highest BCUT2D eigenvalue weighted by atomic mass is 16.5. The number of carbonyl (C=O) groups is 1. The zero-order valence-electron chi connectivity index (χ0n) is 10.4. The molecule has 2 aromatic rings. The first-order valence-corrected chi connectivity index (χ1v) is 5.78. The summed E-state index contributed by atoms with van der Waals surface area (Å²) in [6.07, 6.45) is 0.937. The van der Waals surface area contributed by atoms with Gasteiger partial charge in [-0.3, -0.25) is 4.79 Å². The van der Waals surface area contributed by atoms with Crippen LogP contribution in [-0.2, 0) is 0 Å². The van der Waals surface area contributed by atoms with E-state index in [4.69, 9.17) is 10.5 Å². The molecule has 5 heteroatoms. The lowest BCUT2D eigenvalue weighted by Crippen LogP contribution is -2.12. The number of pyridine rings is 1. The number of hydrogen-bond donors (Lipinski definition) is 2. The van der Waals surface area contributed by atoms with E-state index in [0.29, 0.717) is 22.8 Å². The second-order valence-electron chi connectivity index (χ2n) is 4.07. The van der Waals surface area contributed by atoms with Crippen molar-refractivity contribution in [3.05, 3.63) is 53.7 Å². The SMILES string of the molecule is C[C@H](O)c1ccc(Oc2ccccc2C(N)=O)nc1. The fourth-order valence-electron chi connectivity index (χ4n) is 1.57. The molecule has 1 atom stereocenters. The number of carbonyl (C=O) groups excluding carboxylic acids is 1. The molecule has 1 heterocycles. The maximum absolute atomic E-state index is 11.2. The molecule has 0 aliphatic rings. The van der Waals surface area contributed by atoms with E-state index in [1.807, 2.05) is 0 Å². The van der Waals surface area contributed by atoms with Crippen LogP contribution in [0.4, 0.5) is 0 Å². The fourth-order valence-corrected chi connectivity index (χ4v) is 1.57. The first-order valence-electron chi connectivity index (χ1n) is 5.78. The van der Waals surface area contributed by atoms with Crippen LogP contribution in [0.25, 0.3) is 0 Å². The van der Waals surface area contributed by atoms with E-state index in [0.717, 1.165) is 0 Å². The molecule has 5 nitrogen and oxygen atoms in total. The van der Waals surface area contributed by atoms with Crippen molar-refractivity contribution in [3.63, 3.8) is 0 Å². The number of aliphatic hydroxyl groups is 1. The Hall–Kier alpha value is -2.40. The number of amides is 1. The summed E-state index contributed by atoms with van der Waals surface area (Å²) in [5.41, 5.74) is 6.25. The van der Waals surface area contributed by atoms with Crippen LogP contribution in [0.5, 0.6) is 11.6 Å². The second kappa shape index (κ2) is 5.49. The molecule has 0 aliphatic heterocycles. The Kier molecular flexibility index (Phi) is 3.77.